The van der Waals surface area contributed by atoms with Crippen LogP contribution in [-0.4, -0.2) is 70.2 Å². The minimum Gasteiger partial charge on any atom is -0.383 e. The summed E-state index contributed by atoms with van der Waals surface area (Å²) in [6, 6.07) is 11.6. The van der Waals surface area contributed by atoms with Gasteiger partial charge in [-0.1, -0.05) is 30.3 Å². The summed E-state index contributed by atoms with van der Waals surface area (Å²) in [6.45, 7) is 4.88. The van der Waals surface area contributed by atoms with Crippen LogP contribution in [0.3, 0.4) is 0 Å². The average molecular weight is 469 g/mol. The number of nitrogens with one attached hydrogen (secondary N) is 2. The number of ether oxygens (including phenoxy) is 1. The number of aromatic nitrogens is 5. The lowest BCUT2D eigenvalue weighted by atomic mass is 10.2. The Labute approximate surface area is 199 Å². The van der Waals surface area contributed by atoms with Crippen LogP contribution in [0, 0.1) is 0 Å². The van der Waals surface area contributed by atoms with E-state index in [2.05, 4.69) is 25.8 Å². The number of carbonyl (C=O) groups excluding carboxylic acids is 2. The lowest BCUT2D eigenvalue weighted by molar-refractivity contribution is -0.107. The summed E-state index contributed by atoms with van der Waals surface area (Å²) in [6.07, 6.45) is 2.92. The summed E-state index contributed by atoms with van der Waals surface area (Å²) in [5, 5.41) is 15.1. The van der Waals surface area contributed by atoms with Crippen molar-refractivity contribution < 1.29 is 14.3 Å². The second-order valence-electron chi connectivity index (χ2n) is 8.02. The Bertz CT molecular complexity index is 1050. The third-order valence-electron chi connectivity index (χ3n) is 5.20. The summed E-state index contributed by atoms with van der Waals surface area (Å²) >= 11 is 0. The first-order valence-electron chi connectivity index (χ1n) is 11.2. The normalized spacial score (nSPS) is 11.9. The Morgan fingerprint density at radius 3 is 2.79 bits per heavy atom. The number of rotatable bonds is 14. The number of amides is 2. The maximum absolute atomic E-state index is 12.6. The van der Waals surface area contributed by atoms with Gasteiger partial charge in [0.05, 0.1) is 18.8 Å². The fourth-order valence-corrected chi connectivity index (χ4v) is 3.36. The molecule has 0 aliphatic heterocycles. The summed E-state index contributed by atoms with van der Waals surface area (Å²) in [5.74, 6) is 0.499. The quantitative estimate of drug-likeness (QED) is 0.268. The first-order valence-corrected chi connectivity index (χ1v) is 11.2. The highest BCUT2D eigenvalue weighted by atomic mass is 16.5. The zero-order valence-corrected chi connectivity index (χ0v) is 19.8. The number of carbonyl (C=O) groups is 2. The smallest absolute Gasteiger partial charge is 0.291 e. The van der Waals surface area contributed by atoms with E-state index in [4.69, 9.17) is 4.74 Å². The molecule has 11 heteroatoms. The zero-order chi connectivity index (χ0) is 24.3. The van der Waals surface area contributed by atoms with E-state index in [1.165, 1.54) is 4.90 Å². The van der Waals surface area contributed by atoms with Gasteiger partial charge in [-0.15, -0.1) is 5.10 Å². The zero-order valence-electron chi connectivity index (χ0n) is 19.8. The highest BCUT2D eigenvalue weighted by Gasteiger charge is 2.16. The summed E-state index contributed by atoms with van der Waals surface area (Å²) in [4.78, 5) is 29.5. The molecule has 0 bridgehead atoms. The number of nitrogens with zero attached hydrogens (tertiary/aromatic N) is 6. The number of hydrogen-bond donors (Lipinski definition) is 2. The molecule has 0 radical (unpaired) electrons. The van der Waals surface area contributed by atoms with Gasteiger partial charge < -0.3 is 20.3 Å². The van der Waals surface area contributed by atoms with Crippen LogP contribution in [0.5, 0.6) is 0 Å². The molecule has 0 saturated carbocycles. The Balaban J connectivity index is 1.53. The van der Waals surface area contributed by atoms with Gasteiger partial charge in [0, 0.05) is 45.9 Å². The van der Waals surface area contributed by atoms with Gasteiger partial charge in [0.2, 0.25) is 12.2 Å². The van der Waals surface area contributed by atoms with Crippen molar-refractivity contribution >= 4 is 18.1 Å². The lowest BCUT2D eigenvalue weighted by Crippen LogP contribution is -2.34. The van der Waals surface area contributed by atoms with E-state index in [9.17, 15) is 9.59 Å². The first-order chi connectivity index (χ1) is 16.5. The maximum Gasteiger partial charge on any atom is 0.291 e. The molecule has 2 N–H and O–H groups in total. The monoisotopic (exact) mass is 468 g/mol. The second kappa shape index (κ2) is 12.6. The number of methoxy groups -OCH3 is 1. The molecule has 0 spiro atoms. The van der Waals surface area contributed by atoms with Crippen LogP contribution in [0.4, 0.5) is 5.82 Å². The predicted octanol–water partition coefficient (Wildman–Crippen LogP) is 1.06. The van der Waals surface area contributed by atoms with Gasteiger partial charge in [-0.2, -0.15) is 5.10 Å². The van der Waals surface area contributed by atoms with Gasteiger partial charge in [-0.3, -0.25) is 9.59 Å². The van der Waals surface area contributed by atoms with Crippen LogP contribution in [0.1, 0.15) is 35.2 Å². The van der Waals surface area contributed by atoms with Gasteiger partial charge in [0.1, 0.15) is 12.1 Å². The molecule has 2 heterocycles. The van der Waals surface area contributed by atoms with E-state index < -0.39 is 0 Å². The molecule has 1 atom stereocenters. The number of hydrogen-bond acceptors (Lipinski definition) is 7. The molecule has 182 valence electrons. The summed E-state index contributed by atoms with van der Waals surface area (Å²) in [7, 11) is 3.34. The first kappa shape index (κ1) is 25.1. The molecular formula is C23H32N8O3. The van der Waals surface area contributed by atoms with E-state index >= 15 is 0 Å². The molecule has 34 heavy (non-hydrogen) atoms. The largest absolute Gasteiger partial charge is 0.383 e. The lowest BCUT2D eigenvalue weighted by Gasteiger charge is -2.16. The van der Waals surface area contributed by atoms with Crippen LogP contribution in [-0.2, 0) is 29.2 Å². The molecule has 0 aliphatic rings. The summed E-state index contributed by atoms with van der Waals surface area (Å²) < 4.78 is 8.45. The minimum absolute atomic E-state index is 0.132. The number of aryl methyl sites for hydroxylation is 1. The molecule has 1 aromatic carbocycles. The van der Waals surface area contributed by atoms with Crippen molar-refractivity contribution in [3.63, 3.8) is 0 Å². The van der Waals surface area contributed by atoms with Crippen molar-refractivity contribution in [1.82, 2.24) is 35.2 Å². The van der Waals surface area contributed by atoms with Crippen molar-refractivity contribution in [3.8, 4) is 0 Å². The maximum atomic E-state index is 12.6. The average Bonchev–Trinajstić information content (AvgIpc) is 3.48. The topological polar surface area (TPSA) is 119 Å². The third kappa shape index (κ3) is 7.22. The van der Waals surface area contributed by atoms with Crippen LogP contribution in [0.15, 0.2) is 42.7 Å². The van der Waals surface area contributed by atoms with Crippen LogP contribution >= 0.6 is 0 Å². The van der Waals surface area contributed by atoms with Gasteiger partial charge in [0.15, 0.2) is 0 Å². The van der Waals surface area contributed by atoms with Crippen molar-refractivity contribution in [1.29, 1.82) is 0 Å². The van der Waals surface area contributed by atoms with E-state index in [-0.39, 0.29) is 17.8 Å². The van der Waals surface area contributed by atoms with Gasteiger partial charge in [0.25, 0.3) is 5.91 Å². The van der Waals surface area contributed by atoms with E-state index in [1.807, 2.05) is 43.3 Å². The van der Waals surface area contributed by atoms with Gasteiger partial charge >= 0.3 is 0 Å². The highest BCUT2D eigenvalue weighted by molar-refractivity contribution is 5.90. The molecule has 2 amide bonds. The minimum atomic E-state index is -0.326. The van der Waals surface area contributed by atoms with Crippen molar-refractivity contribution in [2.45, 2.75) is 39.0 Å². The van der Waals surface area contributed by atoms with Gasteiger partial charge in [-0.25, -0.2) is 14.3 Å². The Kier molecular flexibility index (Phi) is 9.30. The van der Waals surface area contributed by atoms with Crippen molar-refractivity contribution in [2.75, 3.05) is 32.2 Å². The van der Waals surface area contributed by atoms with E-state index in [0.717, 1.165) is 17.7 Å². The molecular weight excluding hydrogens is 436 g/mol. The SMILES string of the molecule is COCCNCc1cc(N(C)C=O)n(CCC(C)NC(=O)c2ncn(Cc3ccccc3)n2)n1. The number of anilines is 1. The molecule has 0 aliphatic carbocycles. The van der Waals surface area contributed by atoms with Gasteiger partial charge in [-0.05, 0) is 18.9 Å². The molecule has 11 nitrogen and oxygen atoms in total. The predicted molar refractivity (Wildman–Crippen MR) is 127 cm³/mol. The third-order valence-corrected chi connectivity index (χ3v) is 5.20. The molecule has 3 aromatic rings. The van der Waals surface area contributed by atoms with Crippen LogP contribution in [0.25, 0.3) is 0 Å². The van der Waals surface area contributed by atoms with Crippen molar-refractivity contribution in [3.05, 3.63) is 59.8 Å². The van der Waals surface area contributed by atoms with E-state index in [1.54, 1.807) is 29.8 Å². The second-order valence-corrected chi connectivity index (χ2v) is 8.02. The highest BCUT2D eigenvalue weighted by Crippen LogP contribution is 2.15. The van der Waals surface area contributed by atoms with Crippen LogP contribution < -0.4 is 15.5 Å². The molecule has 3 rings (SSSR count). The molecule has 2 aromatic heterocycles. The summed E-state index contributed by atoms with van der Waals surface area (Å²) in [5.41, 5.74) is 1.90. The molecule has 0 fully saturated rings. The Morgan fingerprint density at radius 2 is 2.06 bits per heavy atom. The number of benzene rings is 1. The van der Waals surface area contributed by atoms with Crippen molar-refractivity contribution in [2.24, 2.45) is 0 Å². The molecule has 1 unspecified atom stereocenters. The fraction of sp³-hybridized carbons (Fsp3) is 0.435. The fourth-order valence-electron chi connectivity index (χ4n) is 3.36. The Hall–Kier alpha value is -3.57. The van der Waals surface area contributed by atoms with E-state index in [0.29, 0.717) is 45.0 Å². The molecule has 0 saturated heterocycles. The standard InChI is InChI=1S/C23H32N8O3/c1-18(26-23(33)22-25-16-30(28-22)15-19-7-5-4-6-8-19)9-11-31-21(29(2)17-32)13-20(27-31)14-24-10-12-34-3/h4-8,13,16-18,24H,9-12,14-15H2,1-3H3,(H,26,33). The van der Waals surface area contributed by atoms with Crippen LogP contribution in [0.2, 0.25) is 0 Å². The Morgan fingerprint density at radius 1 is 1.26 bits per heavy atom.